The van der Waals surface area contributed by atoms with Crippen molar-refractivity contribution in [1.29, 1.82) is 0 Å². The first-order valence-electron chi connectivity index (χ1n) is 8.53. The second kappa shape index (κ2) is 8.14. The van der Waals surface area contributed by atoms with E-state index in [4.69, 9.17) is 4.98 Å². The summed E-state index contributed by atoms with van der Waals surface area (Å²) in [6.45, 7) is 10.3. The molecule has 1 fully saturated rings. The number of aromatic nitrogens is 1. The number of aryl methyl sites for hydroxylation is 1. The summed E-state index contributed by atoms with van der Waals surface area (Å²) in [5, 5.41) is 4.54. The van der Waals surface area contributed by atoms with Crippen LogP contribution in [0, 0.1) is 11.8 Å². The predicted molar refractivity (Wildman–Crippen MR) is 93.3 cm³/mol. The Bertz CT molecular complexity index is 404. The number of anilines is 1. The van der Waals surface area contributed by atoms with Crippen molar-refractivity contribution < 1.29 is 0 Å². The first-order valence-corrected chi connectivity index (χ1v) is 9.35. The van der Waals surface area contributed by atoms with Gasteiger partial charge in [-0.2, -0.15) is 0 Å². The van der Waals surface area contributed by atoms with Gasteiger partial charge in [-0.3, -0.25) is 0 Å². The molecule has 120 valence electrons. The minimum absolute atomic E-state index is 0.816. The van der Waals surface area contributed by atoms with Crippen LogP contribution in [0.1, 0.15) is 57.0 Å². The highest BCUT2D eigenvalue weighted by Gasteiger charge is 2.22. The third-order valence-electron chi connectivity index (χ3n) is 4.58. The summed E-state index contributed by atoms with van der Waals surface area (Å²) in [7, 11) is 2.02. The number of nitrogens with zero attached hydrogens (tertiary/aromatic N) is 2. The zero-order valence-corrected chi connectivity index (χ0v) is 14.9. The summed E-state index contributed by atoms with van der Waals surface area (Å²) in [5.41, 5.74) is 1.32. The maximum atomic E-state index is 4.96. The Kier molecular flexibility index (Phi) is 6.49. The van der Waals surface area contributed by atoms with E-state index in [1.165, 1.54) is 54.5 Å². The Morgan fingerprint density at radius 1 is 1.33 bits per heavy atom. The molecule has 0 bridgehead atoms. The Balaban J connectivity index is 2.08. The maximum absolute atomic E-state index is 4.96. The molecule has 1 atom stereocenters. The Labute approximate surface area is 134 Å². The van der Waals surface area contributed by atoms with Crippen LogP contribution in [0.3, 0.4) is 0 Å². The van der Waals surface area contributed by atoms with Crippen LogP contribution >= 0.6 is 11.3 Å². The summed E-state index contributed by atoms with van der Waals surface area (Å²) in [6, 6.07) is 0. The lowest BCUT2D eigenvalue weighted by atomic mass is 9.89. The molecule has 0 radical (unpaired) electrons. The molecule has 2 heterocycles. The number of thiazole rings is 1. The lowest BCUT2D eigenvalue weighted by Gasteiger charge is -2.20. The van der Waals surface area contributed by atoms with Crippen LogP contribution in [0.4, 0.5) is 5.13 Å². The van der Waals surface area contributed by atoms with Gasteiger partial charge in [-0.25, -0.2) is 4.98 Å². The molecule has 1 aromatic rings. The molecule has 0 aliphatic carbocycles. The number of hydrogen-bond acceptors (Lipinski definition) is 4. The van der Waals surface area contributed by atoms with Gasteiger partial charge in [-0.1, -0.05) is 27.2 Å². The summed E-state index contributed by atoms with van der Waals surface area (Å²) in [6.07, 6.45) is 6.30. The fourth-order valence-electron chi connectivity index (χ4n) is 3.22. The molecule has 2 rings (SSSR count). The molecular formula is C17H31N3S. The van der Waals surface area contributed by atoms with Crippen LogP contribution in [0.2, 0.25) is 0 Å². The molecule has 1 aliphatic rings. The van der Waals surface area contributed by atoms with Crippen molar-refractivity contribution in [3.8, 4) is 0 Å². The molecule has 4 heteroatoms. The van der Waals surface area contributed by atoms with Crippen molar-refractivity contribution in [2.24, 2.45) is 11.8 Å². The van der Waals surface area contributed by atoms with Crippen LogP contribution in [-0.2, 0) is 13.0 Å². The van der Waals surface area contributed by atoms with Crippen molar-refractivity contribution in [3.63, 3.8) is 0 Å². The van der Waals surface area contributed by atoms with Gasteiger partial charge in [0.15, 0.2) is 5.13 Å². The van der Waals surface area contributed by atoms with Crippen molar-refractivity contribution >= 4 is 16.5 Å². The SMILES string of the molecule is CCCc1nc(N2CCCC(C(C)C)CC2)sc1CNC. The molecule has 21 heavy (non-hydrogen) atoms. The van der Waals surface area contributed by atoms with E-state index in [0.29, 0.717) is 0 Å². The normalized spacial score (nSPS) is 20.0. The average Bonchev–Trinajstić information content (AvgIpc) is 2.70. The van der Waals surface area contributed by atoms with Crippen molar-refractivity contribution in [2.45, 2.75) is 59.4 Å². The predicted octanol–water partition coefficient (Wildman–Crippen LogP) is 4.08. The van der Waals surface area contributed by atoms with Crippen LogP contribution in [0.25, 0.3) is 0 Å². The van der Waals surface area contributed by atoms with Crippen LogP contribution < -0.4 is 10.2 Å². The quantitative estimate of drug-likeness (QED) is 0.858. The average molecular weight is 310 g/mol. The summed E-state index contributed by atoms with van der Waals surface area (Å²) < 4.78 is 0. The van der Waals surface area contributed by atoms with Gasteiger partial charge in [0.2, 0.25) is 0 Å². The second-order valence-corrected chi connectivity index (χ2v) is 7.63. The van der Waals surface area contributed by atoms with Gasteiger partial charge in [0, 0.05) is 24.5 Å². The third-order valence-corrected chi connectivity index (χ3v) is 5.74. The van der Waals surface area contributed by atoms with Crippen LogP contribution in [0.5, 0.6) is 0 Å². The molecule has 0 saturated carbocycles. The molecule has 1 N–H and O–H groups in total. The van der Waals surface area contributed by atoms with Gasteiger partial charge in [0.25, 0.3) is 0 Å². The zero-order chi connectivity index (χ0) is 15.2. The molecular weight excluding hydrogens is 278 g/mol. The van der Waals surface area contributed by atoms with E-state index in [1.807, 2.05) is 18.4 Å². The Morgan fingerprint density at radius 3 is 2.81 bits per heavy atom. The highest BCUT2D eigenvalue weighted by Crippen LogP contribution is 2.31. The fraction of sp³-hybridized carbons (Fsp3) is 0.824. The minimum Gasteiger partial charge on any atom is -0.348 e. The van der Waals surface area contributed by atoms with Crippen LogP contribution in [0.15, 0.2) is 0 Å². The first kappa shape index (κ1) is 16.8. The maximum Gasteiger partial charge on any atom is 0.185 e. The van der Waals surface area contributed by atoms with Crippen LogP contribution in [-0.4, -0.2) is 25.1 Å². The van der Waals surface area contributed by atoms with E-state index in [-0.39, 0.29) is 0 Å². The minimum atomic E-state index is 0.816. The summed E-state index contributed by atoms with van der Waals surface area (Å²) in [5.74, 6) is 1.71. The zero-order valence-electron chi connectivity index (χ0n) is 14.1. The van der Waals surface area contributed by atoms with E-state index in [2.05, 4.69) is 31.0 Å². The lowest BCUT2D eigenvalue weighted by molar-refractivity contribution is 0.351. The Hall–Kier alpha value is -0.610. The fourth-order valence-corrected chi connectivity index (χ4v) is 4.39. The van der Waals surface area contributed by atoms with E-state index in [1.54, 1.807) is 0 Å². The van der Waals surface area contributed by atoms with Gasteiger partial charge < -0.3 is 10.2 Å². The second-order valence-electron chi connectivity index (χ2n) is 6.57. The molecule has 1 aliphatic heterocycles. The molecule has 0 amide bonds. The number of hydrogen-bond donors (Lipinski definition) is 1. The van der Waals surface area contributed by atoms with Gasteiger partial charge in [0.1, 0.15) is 0 Å². The third kappa shape index (κ3) is 4.43. The van der Waals surface area contributed by atoms with E-state index < -0.39 is 0 Å². The smallest absolute Gasteiger partial charge is 0.185 e. The van der Waals surface area contributed by atoms with Gasteiger partial charge in [-0.05, 0) is 44.6 Å². The largest absolute Gasteiger partial charge is 0.348 e. The molecule has 0 aromatic carbocycles. The van der Waals surface area contributed by atoms with E-state index >= 15 is 0 Å². The summed E-state index contributed by atoms with van der Waals surface area (Å²) >= 11 is 1.90. The highest BCUT2D eigenvalue weighted by atomic mass is 32.1. The molecule has 1 aromatic heterocycles. The molecule has 1 saturated heterocycles. The standard InChI is InChI=1S/C17H31N3S/c1-5-7-15-16(12-18-4)21-17(19-15)20-10-6-8-14(9-11-20)13(2)3/h13-14,18H,5-12H2,1-4H3. The van der Waals surface area contributed by atoms with E-state index in [9.17, 15) is 0 Å². The number of nitrogens with one attached hydrogen (secondary N) is 1. The number of rotatable bonds is 6. The molecule has 3 nitrogen and oxygen atoms in total. The summed E-state index contributed by atoms with van der Waals surface area (Å²) in [4.78, 5) is 8.92. The van der Waals surface area contributed by atoms with Crippen molar-refractivity contribution in [3.05, 3.63) is 10.6 Å². The first-order chi connectivity index (χ1) is 10.2. The van der Waals surface area contributed by atoms with E-state index in [0.717, 1.165) is 24.8 Å². The topological polar surface area (TPSA) is 28.2 Å². The van der Waals surface area contributed by atoms with Gasteiger partial charge >= 0.3 is 0 Å². The molecule has 1 unspecified atom stereocenters. The monoisotopic (exact) mass is 309 g/mol. The molecule has 0 spiro atoms. The van der Waals surface area contributed by atoms with Crippen molar-refractivity contribution in [2.75, 3.05) is 25.0 Å². The Morgan fingerprint density at radius 2 is 2.14 bits per heavy atom. The van der Waals surface area contributed by atoms with Gasteiger partial charge in [-0.15, -0.1) is 11.3 Å². The highest BCUT2D eigenvalue weighted by molar-refractivity contribution is 7.15. The van der Waals surface area contributed by atoms with Gasteiger partial charge in [0.05, 0.1) is 5.69 Å². The lowest BCUT2D eigenvalue weighted by Crippen LogP contribution is -2.24. The van der Waals surface area contributed by atoms with Crippen molar-refractivity contribution in [1.82, 2.24) is 10.3 Å².